The molecule has 0 fully saturated rings. The monoisotopic (exact) mass is 332 g/mol. The topological polar surface area (TPSA) is 111 Å². The maximum atomic E-state index is 12.1. The van der Waals surface area contributed by atoms with Crippen molar-refractivity contribution < 1.29 is 13.2 Å². The summed E-state index contributed by atoms with van der Waals surface area (Å²) in [6.45, 7) is -0.0113. The Morgan fingerprint density at radius 2 is 2.19 bits per heavy atom. The number of aryl methyl sites for hydroxylation is 1. The van der Waals surface area contributed by atoms with Gasteiger partial charge < -0.3 is 9.88 Å². The summed E-state index contributed by atoms with van der Waals surface area (Å²) in [7, 11) is -0.834. The average Bonchev–Trinajstić information content (AvgIpc) is 2.97. The molecule has 0 aliphatic heterocycles. The molecular formula is C10H13ClN6O3S. The zero-order valence-corrected chi connectivity index (χ0v) is 12.8. The summed E-state index contributed by atoms with van der Waals surface area (Å²) >= 11 is 5.86. The van der Waals surface area contributed by atoms with Crippen molar-refractivity contribution in [2.75, 3.05) is 11.8 Å². The number of nitrogens with one attached hydrogen (secondary N) is 2. The number of aromatic nitrogens is 4. The van der Waals surface area contributed by atoms with Crippen LogP contribution >= 0.6 is 11.6 Å². The molecule has 0 saturated heterocycles. The second-order valence-electron chi connectivity index (χ2n) is 4.16. The molecule has 114 valence electrons. The fourth-order valence-electron chi connectivity index (χ4n) is 1.51. The molecule has 0 radical (unpaired) electrons. The summed E-state index contributed by atoms with van der Waals surface area (Å²) in [5, 5.41) is 6.05. The third-order valence-electron chi connectivity index (χ3n) is 2.56. The number of rotatable bonds is 5. The van der Waals surface area contributed by atoms with Crippen LogP contribution < -0.4 is 10.0 Å². The van der Waals surface area contributed by atoms with Crippen molar-refractivity contribution in [2.45, 2.75) is 11.6 Å². The average molecular weight is 333 g/mol. The normalized spacial score (nSPS) is 11.4. The van der Waals surface area contributed by atoms with Crippen LogP contribution in [-0.4, -0.2) is 40.7 Å². The lowest BCUT2D eigenvalue weighted by atomic mass is 10.6. The highest BCUT2D eigenvalue weighted by Gasteiger charge is 2.23. The zero-order valence-electron chi connectivity index (χ0n) is 11.2. The van der Waals surface area contributed by atoms with Crippen molar-refractivity contribution in [3.05, 3.63) is 23.9 Å². The van der Waals surface area contributed by atoms with Gasteiger partial charge >= 0.3 is 0 Å². The first-order chi connectivity index (χ1) is 9.83. The Labute approximate surface area is 126 Å². The maximum absolute atomic E-state index is 12.1. The highest BCUT2D eigenvalue weighted by molar-refractivity contribution is 7.92. The molecule has 0 spiro atoms. The molecule has 9 nitrogen and oxygen atoms in total. The van der Waals surface area contributed by atoms with E-state index in [1.165, 1.54) is 35.0 Å². The third kappa shape index (κ3) is 3.34. The molecular weight excluding hydrogens is 320 g/mol. The van der Waals surface area contributed by atoms with Gasteiger partial charge in [0.15, 0.2) is 0 Å². The molecule has 0 unspecified atom stereocenters. The molecule has 0 atom stereocenters. The van der Waals surface area contributed by atoms with Gasteiger partial charge in [0.1, 0.15) is 11.7 Å². The van der Waals surface area contributed by atoms with Gasteiger partial charge in [-0.3, -0.25) is 14.2 Å². The van der Waals surface area contributed by atoms with E-state index in [0.717, 1.165) is 0 Å². The zero-order chi connectivity index (χ0) is 15.6. The number of sulfonamides is 1. The number of anilines is 1. The van der Waals surface area contributed by atoms with Gasteiger partial charge in [-0.05, 0) is 0 Å². The second-order valence-corrected chi connectivity index (χ2v) is 6.11. The van der Waals surface area contributed by atoms with E-state index < -0.39 is 10.0 Å². The first-order valence-electron chi connectivity index (χ1n) is 5.76. The summed E-state index contributed by atoms with van der Waals surface area (Å²) in [5.41, 5.74) is 0.209. The van der Waals surface area contributed by atoms with Crippen LogP contribution in [0.15, 0.2) is 23.7 Å². The first kappa shape index (κ1) is 15.3. The Balaban J connectivity index is 2.18. The molecule has 1 amide bonds. The van der Waals surface area contributed by atoms with Crippen LogP contribution in [0.3, 0.4) is 0 Å². The highest BCUT2D eigenvalue weighted by Crippen LogP contribution is 2.21. The molecule has 0 bridgehead atoms. The number of carbonyl (C=O) groups is 1. The van der Waals surface area contributed by atoms with E-state index >= 15 is 0 Å². The molecule has 0 saturated carbocycles. The number of hydrogen-bond acceptors (Lipinski definition) is 5. The number of likely N-dealkylation sites (N-methyl/N-ethyl adjacent to an activating group) is 1. The smallest absolute Gasteiger partial charge is 0.282 e. The molecule has 2 heterocycles. The second kappa shape index (κ2) is 5.74. The van der Waals surface area contributed by atoms with Crippen LogP contribution in [0.4, 0.5) is 5.69 Å². The number of nitrogens with zero attached hydrogens (tertiary/aromatic N) is 4. The van der Waals surface area contributed by atoms with Crippen molar-refractivity contribution in [3.63, 3.8) is 0 Å². The summed E-state index contributed by atoms with van der Waals surface area (Å²) < 4.78 is 29.3. The van der Waals surface area contributed by atoms with Gasteiger partial charge in [-0.15, -0.1) is 0 Å². The van der Waals surface area contributed by atoms with E-state index in [-0.39, 0.29) is 28.3 Å². The molecule has 2 N–H and O–H groups in total. The van der Waals surface area contributed by atoms with Crippen molar-refractivity contribution in [2.24, 2.45) is 7.05 Å². The van der Waals surface area contributed by atoms with Gasteiger partial charge in [0.05, 0.1) is 18.2 Å². The number of halogens is 1. The minimum absolute atomic E-state index is 0.000234. The van der Waals surface area contributed by atoms with Crippen molar-refractivity contribution in [1.82, 2.24) is 24.6 Å². The third-order valence-corrected chi connectivity index (χ3v) is 4.43. The minimum Gasteiger partial charge on any atom is -0.358 e. The molecule has 2 aromatic rings. The van der Waals surface area contributed by atoms with Crippen LogP contribution in [0.5, 0.6) is 0 Å². The van der Waals surface area contributed by atoms with Gasteiger partial charge in [0, 0.05) is 20.3 Å². The Hall–Kier alpha value is -2.07. The summed E-state index contributed by atoms with van der Waals surface area (Å²) in [6.07, 6.45) is 3.98. The fraction of sp³-hybridized carbons (Fsp3) is 0.300. The lowest BCUT2D eigenvalue weighted by molar-refractivity contribution is -0.121. The first-order valence-corrected chi connectivity index (χ1v) is 7.62. The number of hydrogen-bond donors (Lipinski definition) is 2. The Kier molecular flexibility index (Phi) is 4.19. The highest BCUT2D eigenvalue weighted by atomic mass is 35.5. The van der Waals surface area contributed by atoms with Crippen LogP contribution in [0.25, 0.3) is 0 Å². The van der Waals surface area contributed by atoms with E-state index in [9.17, 15) is 13.2 Å². The number of imidazole rings is 1. The lowest BCUT2D eigenvalue weighted by Gasteiger charge is -2.03. The lowest BCUT2D eigenvalue weighted by Crippen LogP contribution is -2.23. The summed E-state index contributed by atoms with van der Waals surface area (Å²) in [6, 6.07) is 0. The van der Waals surface area contributed by atoms with E-state index in [1.807, 2.05) is 0 Å². The molecule has 21 heavy (non-hydrogen) atoms. The Morgan fingerprint density at radius 1 is 1.48 bits per heavy atom. The van der Waals surface area contributed by atoms with E-state index in [2.05, 4.69) is 20.1 Å². The Bertz CT molecular complexity index is 766. The standard InChI is InChI=1S/C10H13ClN6O3S/c1-12-8(18)5-17-4-7(3-14-17)15-21(19,20)10-9(11)16(2)6-13-10/h3-4,6,15H,5H2,1-2H3,(H,12,18). The van der Waals surface area contributed by atoms with Gasteiger partial charge in [0.2, 0.25) is 10.9 Å². The van der Waals surface area contributed by atoms with Crippen LogP contribution in [-0.2, 0) is 28.4 Å². The van der Waals surface area contributed by atoms with Crippen molar-refractivity contribution >= 4 is 33.2 Å². The molecule has 2 rings (SSSR count). The van der Waals surface area contributed by atoms with Crippen LogP contribution in [0.1, 0.15) is 0 Å². The predicted octanol–water partition coefficient (Wildman–Crippen LogP) is -0.183. The predicted molar refractivity (Wildman–Crippen MR) is 75.3 cm³/mol. The summed E-state index contributed by atoms with van der Waals surface area (Å²) in [5.74, 6) is -0.250. The summed E-state index contributed by atoms with van der Waals surface area (Å²) in [4.78, 5) is 14.9. The van der Waals surface area contributed by atoms with Gasteiger partial charge in [-0.2, -0.15) is 13.5 Å². The van der Waals surface area contributed by atoms with E-state index in [0.29, 0.717) is 0 Å². The number of amides is 1. The van der Waals surface area contributed by atoms with Gasteiger partial charge in [-0.1, -0.05) is 11.6 Å². The molecule has 0 aliphatic rings. The van der Waals surface area contributed by atoms with Gasteiger partial charge in [-0.25, -0.2) is 4.98 Å². The van der Waals surface area contributed by atoms with Crippen molar-refractivity contribution in [3.8, 4) is 0 Å². The van der Waals surface area contributed by atoms with E-state index in [4.69, 9.17) is 11.6 Å². The molecule has 0 aliphatic carbocycles. The number of carbonyl (C=O) groups excluding carboxylic acids is 1. The molecule has 0 aromatic carbocycles. The SMILES string of the molecule is CNC(=O)Cn1cc(NS(=O)(=O)c2ncn(C)c2Cl)cn1. The van der Waals surface area contributed by atoms with Crippen LogP contribution in [0, 0.1) is 0 Å². The molecule has 11 heteroatoms. The largest absolute Gasteiger partial charge is 0.358 e. The minimum atomic E-state index is -3.91. The quantitative estimate of drug-likeness (QED) is 0.788. The molecule has 2 aromatic heterocycles. The van der Waals surface area contributed by atoms with Crippen LogP contribution in [0.2, 0.25) is 5.15 Å². The Morgan fingerprint density at radius 3 is 2.76 bits per heavy atom. The maximum Gasteiger partial charge on any atom is 0.282 e. The van der Waals surface area contributed by atoms with E-state index in [1.54, 1.807) is 7.05 Å². The fourth-order valence-corrected chi connectivity index (χ4v) is 2.97. The van der Waals surface area contributed by atoms with Gasteiger partial charge in [0.25, 0.3) is 10.0 Å². The van der Waals surface area contributed by atoms with Crippen molar-refractivity contribution in [1.29, 1.82) is 0 Å².